The standard InChI is InChI=1S/C46H35N5.C10H8N2.2ClH.Pt/c1-28-4-10-31(11-5-28)43-35-16-18-37(48-35)44(32-12-6-29(2)7-13-32)39-20-22-41(50-39)46(34-24-26-47-27-25-34)42-23-21-40(51-42)45(38-19-17-36(43)49-38)33-14-8-30(3)9-15-33;1-5-11-6-2-9(1)10-3-7-12-8-4-10;;;/h4-27,48,51H,1-3H3;1-8H;2*1H;/q;;;;+2/p-2. The fourth-order valence-electron chi connectivity index (χ4n) is 8.19. The topological polar surface area (TPSA) is 96.0 Å². The van der Waals surface area contributed by atoms with Crippen molar-refractivity contribution in [1.82, 2.24) is 34.9 Å². The molecule has 0 spiro atoms. The summed E-state index contributed by atoms with van der Waals surface area (Å²) in [5.41, 5.74) is 21.9. The van der Waals surface area contributed by atoms with E-state index < -0.39 is 16.5 Å². The maximum atomic E-state index is 5.39. The molecule has 66 heavy (non-hydrogen) atoms. The Morgan fingerprint density at radius 3 is 0.803 bits per heavy atom. The SMILES string of the molecule is Cc1ccc(-c2c3nc(c(-c4ccc(C)cc4)c4ccc([nH]4)c(-c4ccc(C)cc4)c4nc(c(-c5ccncc5)c5ccc2[nH]5)C=C4)C=C3)cc1.[Cl][Pt][Cl].c1cc(-c2ccncc2)ccn1. The van der Waals surface area contributed by atoms with Gasteiger partial charge in [-0.05, 0) is 139 Å². The first-order valence-electron chi connectivity index (χ1n) is 21.3. The Bertz CT molecular complexity index is 3270. The van der Waals surface area contributed by atoms with Gasteiger partial charge in [0.1, 0.15) is 0 Å². The maximum Gasteiger partial charge on any atom is 0.0273 e. The Hall–Kier alpha value is -7.02. The van der Waals surface area contributed by atoms with E-state index in [0.717, 1.165) is 89.4 Å². The zero-order valence-electron chi connectivity index (χ0n) is 36.3. The third-order valence-corrected chi connectivity index (χ3v) is 11.4. The van der Waals surface area contributed by atoms with Crippen molar-refractivity contribution in [2.45, 2.75) is 20.8 Å². The van der Waals surface area contributed by atoms with Crippen LogP contribution in [-0.2, 0) is 16.5 Å². The number of H-pyrrole nitrogens is 2. The van der Waals surface area contributed by atoms with Gasteiger partial charge in [0, 0.05) is 81.5 Å². The number of aromatic nitrogens is 7. The second-order valence-corrected chi connectivity index (χ2v) is 19.1. The Kier molecular flexibility index (Phi) is 13.7. The van der Waals surface area contributed by atoms with E-state index in [1.165, 1.54) is 27.8 Å². The molecule has 0 saturated heterocycles. The second-order valence-electron chi connectivity index (χ2n) is 15.9. The van der Waals surface area contributed by atoms with E-state index in [9.17, 15) is 0 Å². The Morgan fingerprint density at radius 1 is 0.318 bits per heavy atom. The second kappa shape index (κ2) is 20.4. The predicted molar refractivity (Wildman–Crippen MR) is 272 cm³/mol. The molecule has 11 rings (SSSR count). The number of aromatic amines is 2. The van der Waals surface area contributed by atoms with Crippen LogP contribution < -0.4 is 0 Å². The minimum absolute atomic E-state index is 0.472. The number of rotatable bonds is 5. The molecule has 3 aromatic carbocycles. The molecule has 0 aliphatic carbocycles. The summed E-state index contributed by atoms with van der Waals surface area (Å²) >= 11 is -0.472. The fraction of sp³-hybridized carbons (Fsp3) is 0.0536. The molecule has 0 radical (unpaired) electrons. The molecule has 0 unspecified atom stereocenters. The Morgan fingerprint density at radius 2 is 0.545 bits per heavy atom. The summed E-state index contributed by atoms with van der Waals surface area (Å²) in [5.74, 6) is 0. The first-order chi connectivity index (χ1) is 32.4. The van der Waals surface area contributed by atoms with Crippen LogP contribution in [0, 0.1) is 20.8 Å². The smallest absolute Gasteiger partial charge is 0.0273 e. The summed E-state index contributed by atoms with van der Waals surface area (Å²) in [6.45, 7) is 6.35. The van der Waals surface area contributed by atoms with E-state index in [0.29, 0.717) is 0 Å². The molecule has 0 amide bonds. The molecule has 2 aliphatic heterocycles. The van der Waals surface area contributed by atoms with Crippen LogP contribution in [0.2, 0.25) is 0 Å². The molecule has 0 saturated carbocycles. The monoisotopic (exact) mass is 1080 g/mol. The molecule has 8 bridgehead atoms. The zero-order valence-corrected chi connectivity index (χ0v) is 40.1. The number of nitrogens with zero attached hydrogens (tertiary/aromatic N) is 5. The van der Waals surface area contributed by atoms with Crippen LogP contribution in [0.3, 0.4) is 0 Å². The number of halogens is 2. The van der Waals surface area contributed by atoms with Gasteiger partial charge in [0.05, 0.1) is 22.8 Å². The largest absolute Gasteiger partial charge is 0.265 e. The van der Waals surface area contributed by atoms with Gasteiger partial charge in [0.15, 0.2) is 0 Å². The van der Waals surface area contributed by atoms with E-state index >= 15 is 0 Å². The first-order valence-corrected chi connectivity index (χ1v) is 26.9. The van der Waals surface area contributed by atoms with Crippen LogP contribution >= 0.6 is 18.8 Å². The number of hydrogen-bond donors (Lipinski definition) is 2. The Labute approximate surface area is 400 Å². The van der Waals surface area contributed by atoms with Gasteiger partial charge >= 0.3 is 35.3 Å². The molecule has 2 aliphatic rings. The minimum atomic E-state index is -0.472. The molecule has 10 heteroatoms. The van der Waals surface area contributed by atoms with Crippen molar-refractivity contribution >= 4 is 65.2 Å². The van der Waals surface area contributed by atoms with Crippen LogP contribution in [0.25, 0.3) is 102 Å². The van der Waals surface area contributed by atoms with E-state index in [-0.39, 0.29) is 0 Å². The molecular formula is C56H43Cl2N7Pt. The van der Waals surface area contributed by atoms with Crippen molar-refractivity contribution in [3.8, 4) is 55.6 Å². The number of nitrogens with one attached hydrogen (secondary N) is 2. The molecule has 2 N–H and O–H groups in total. The fourth-order valence-corrected chi connectivity index (χ4v) is 8.19. The summed E-state index contributed by atoms with van der Waals surface area (Å²) in [4.78, 5) is 30.6. The van der Waals surface area contributed by atoms with Gasteiger partial charge in [-0.3, -0.25) is 15.0 Å². The van der Waals surface area contributed by atoms with Crippen LogP contribution in [0.1, 0.15) is 39.5 Å². The normalized spacial score (nSPS) is 11.4. The van der Waals surface area contributed by atoms with Crippen LogP contribution in [-0.4, -0.2) is 34.9 Å². The van der Waals surface area contributed by atoms with Crippen molar-refractivity contribution < 1.29 is 16.5 Å². The molecule has 0 fully saturated rings. The van der Waals surface area contributed by atoms with Gasteiger partial charge in [0.25, 0.3) is 0 Å². The number of fused-ring (bicyclic) bond motifs is 8. The van der Waals surface area contributed by atoms with Gasteiger partial charge in [0.2, 0.25) is 0 Å². The predicted octanol–water partition coefficient (Wildman–Crippen LogP) is 15.2. The van der Waals surface area contributed by atoms with Crippen molar-refractivity contribution in [3.05, 3.63) is 210 Å². The minimum Gasteiger partial charge on any atom is -0.265 e. The third kappa shape index (κ3) is 9.80. The van der Waals surface area contributed by atoms with E-state index in [1.54, 1.807) is 24.8 Å². The summed E-state index contributed by atoms with van der Waals surface area (Å²) in [6.07, 6.45) is 19.4. The molecule has 6 aromatic heterocycles. The molecule has 326 valence electrons. The average Bonchev–Trinajstić information content (AvgIpc) is 4.21. The van der Waals surface area contributed by atoms with Crippen molar-refractivity contribution in [3.63, 3.8) is 0 Å². The summed E-state index contributed by atoms with van der Waals surface area (Å²) in [7, 11) is 9.75. The first kappa shape index (κ1) is 44.2. The maximum absolute atomic E-state index is 5.39. The van der Waals surface area contributed by atoms with E-state index in [4.69, 9.17) is 28.8 Å². The van der Waals surface area contributed by atoms with Gasteiger partial charge in [-0.2, -0.15) is 0 Å². The van der Waals surface area contributed by atoms with Gasteiger partial charge < -0.3 is 9.97 Å². The number of aryl methyl sites for hydroxylation is 3. The number of pyridine rings is 3. The average molecular weight is 1080 g/mol. The van der Waals surface area contributed by atoms with Crippen molar-refractivity contribution in [1.29, 1.82) is 0 Å². The quantitative estimate of drug-likeness (QED) is 0.179. The summed E-state index contributed by atoms with van der Waals surface area (Å²) in [5, 5.41) is 0. The van der Waals surface area contributed by atoms with Gasteiger partial charge in [-0.15, -0.1) is 0 Å². The van der Waals surface area contributed by atoms with E-state index in [2.05, 4.69) is 167 Å². The molecule has 0 atom stereocenters. The summed E-state index contributed by atoms with van der Waals surface area (Å²) in [6, 6.07) is 46.7. The zero-order chi connectivity index (χ0) is 45.4. The van der Waals surface area contributed by atoms with Gasteiger partial charge in [-0.1, -0.05) is 89.5 Å². The van der Waals surface area contributed by atoms with Crippen LogP contribution in [0.4, 0.5) is 0 Å². The van der Waals surface area contributed by atoms with Gasteiger partial charge in [-0.25, -0.2) is 9.97 Å². The molecule has 7 nitrogen and oxygen atoms in total. The Balaban J connectivity index is 0.000000311. The molecule has 9 aromatic rings. The van der Waals surface area contributed by atoms with Crippen LogP contribution in [0.5, 0.6) is 0 Å². The van der Waals surface area contributed by atoms with Crippen molar-refractivity contribution in [2.75, 3.05) is 0 Å². The number of hydrogen-bond acceptors (Lipinski definition) is 5. The van der Waals surface area contributed by atoms with E-state index in [1.807, 2.05) is 48.8 Å². The van der Waals surface area contributed by atoms with Crippen LogP contribution in [0.15, 0.2) is 171 Å². The third-order valence-electron chi connectivity index (χ3n) is 11.4. The molecule has 8 heterocycles. The molecular weight excluding hydrogens is 1040 g/mol. The van der Waals surface area contributed by atoms with Crippen molar-refractivity contribution in [2.24, 2.45) is 0 Å². The summed E-state index contributed by atoms with van der Waals surface area (Å²) < 4.78 is 0. The number of benzene rings is 3.